The number of Topliss-reactive ketones (excluding diaryl/α,β-unsaturated/α-hetero) is 1. The van der Waals surface area contributed by atoms with Crippen LogP contribution in [-0.4, -0.2) is 44.6 Å². The molecule has 3 atom stereocenters. The Hall–Kier alpha value is -0.233. The Labute approximate surface area is 141 Å². The van der Waals surface area contributed by atoms with Crippen molar-refractivity contribution in [2.75, 3.05) is 13.2 Å². The minimum atomic E-state index is -1.97. The van der Waals surface area contributed by atoms with Crippen LogP contribution in [-0.2, 0) is 18.7 Å². The predicted molar refractivity (Wildman–Crippen MR) is 92.1 cm³/mol. The maximum atomic E-state index is 13.4. The third-order valence-electron chi connectivity index (χ3n) is 6.60. The zero-order valence-corrected chi connectivity index (χ0v) is 16.4. The summed E-state index contributed by atoms with van der Waals surface area (Å²) in [7, 11) is -1.97. The van der Waals surface area contributed by atoms with Crippen molar-refractivity contribution in [3.05, 3.63) is 0 Å². The molecule has 2 saturated heterocycles. The predicted octanol–water partition coefficient (Wildman–Crippen LogP) is 3.84. The van der Waals surface area contributed by atoms with Gasteiger partial charge in [0.25, 0.3) is 0 Å². The molecule has 0 aromatic carbocycles. The van der Waals surface area contributed by atoms with Crippen LogP contribution in [0, 0.1) is 0 Å². The van der Waals surface area contributed by atoms with Crippen LogP contribution in [0.2, 0.25) is 18.1 Å². The van der Waals surface area contributed by atoms with Crippen LogP contribution in [0.1, 0.15) is 59.3 Å². The zero-order chi connectivity index (χ0) is 16.9. The van der Waals surface area contributed by atoms with Crippen molar-refractivity contribution in [3.63, 3.8) is 0 Å². The van der Waals surface area contributed by atoms with Gasteiger partial charge < -0.3 is 13.9 Å². The van der Waals surface area contributed by atoms with Gasteiger partial charge in [0.2, 0.25) is 0 Å². The van der Waals surface area contributed by atoms with Crippen LogP contribution in [0.3, 0.4) is 0 Å². The summed E-state index contributed by atoms with van der Waals surface area (Å²) in [4.78, 5) is 13.4. The molecule has 0 aromatic heterocycles. The fraction of sp³-hybridized carbons (Fsp3) is 0.944. The molecule has 2 spiro atoms. The van der Waals surface area contributed by atoms with E-state index in [0.29, 0.717) is 6.61 Å². The Morgan fingerprint density at radius 2 is 1.74 bits per heavy atom. The summed E-state index contributed by atoms with van der Waals surface area (Å²) in [5.74, 6) is 0.160. The van der Waals surface area contributed by atoms with Gasteiger partial charge in [0, 0.05) is 13.2 Å². The number of ketones is 1. The highest BCUT2D eigenvalue weighted by Gasteiger charge is 2.65. The van der Waals surface area contributed by atoms with Crippen LogP contribution < -0.4 is 0 Å². The SMILES string of the molecule is CC(C)(C)[Si](C)(C)O[C@H]1CC[C@@]2(CCCO2)[C@@]2(CCCO2)C1=O. The van der Waals surface area contributed by atoms with Crippen molar-refractivity contribution < 1.29 is 18.7 Å². The number of hydrogen-bond acceptors (Lipinski definition) is 4. The molecule has 2 aliphatic heterocycles. The first-order valence-electron chi connectivity index (χ1n) is 9.14. The largest absolute Gasteiger partial charge is 0.407 e. The van der Waals surface area contributed by atoms with Crippen LogP contribution in [0.25, 0.3) is 0 Å². The number of carbonyl (C=O) groups is 1. The second-order valence-electron chi connectivity index (χ2n) is 9.00. The highest BCUT2D eigenvalue weighted by atomic mass is 28.4. The normalized spacial score (nSPS) is 38.8. The summed E-state index contributed by atoms with van der Waals surface area (Å²) in [6, 6.07) is 0. The summed E-state index contributed by atoms with van der Waals surface area (Å²) in [5, 5.41) is 0.107. The van der Waals surface area contributed by atoms with Crippen LogP contribution in [0.5, 0.6) is 0 Å². The molecule has 0 unspecified atom stereocenters. The van der Waals surface area contributed by atoms with Crippen molar-refractivity contribution in [1.29, 1.82) is 0 Å². The Kier molecular flexibility index (Phi) is 4.32. The maximum absolute atomic E-state index is 13.4. The Bertz CT molecular complexity index is 468. The van der Waals surface area contributed by atoms with Gasteiger partial charge in [0.1, 0.15) is 11.7 Å². The fourth-order valence-corrected chi connectivity index (χ4v) is 5.52. The number of carbonyl (C=O) groups excluding carboxylic acids is 1. The Balaban J connectivity index is 1.86. The molecule has 0 aromatic rings. The second kappa shape index (κ2) is 5.65. The fourth-order valence-electron chi connectivity index (χ4n) is 4.23. The van der Waals surface area contributed by atoms with Gasteiger partial charge in [0.05, 0.1) is 0 Å². The summed E-state index contributed by atoms with van der Waals surface area (Å²) in [6.45, 7) is 12.5. The molecule has 23 heavy (non-hydrogen) atoms. The van der Waals surface area contributed by atoms with Crippen LogP contribution >= 0.6 is 0 Å². The second-order valence-corrected chi connectivity index (χ2v) is 13.8. The quantitative estimate of drug-likeness (QED) is 0.717. The van der Waals surface area contributed by atoms with E-state index in [-0.39, 0.29) is 22.5 Å². The molecule has 0 N–H and O–H groups in total. The van der Waals surface area contributed by atoms with E-state index in [9.17, 15) is 4.79 Å². The third kappa shape index (κ3) is 2.64. The lowest BCUT2D eigenvalue weighted by Gasteiger charge is -2.50. The van der Waals surface area contributed by atoms with Crippen molar-refractivity contribution in [3.8, 4) is 0 Å². The number of ether oxygens (including phenoxy) is 2. The van der Waals surface area contributed by atoms with Gasteiger partial charge in [-0.15, -0.1) is 0 Å². The molecule has 3 fully saturated rings. The van der Waals surface area contributed by atoms with Gasteiger partial charge in [-0.2, -0.15) is 0 Å². The minimum Gasteiger partial charge on any atom is -0.407 e. The summed E-state index contributed by atoms with van der Waals surface area (Å²) in [6.07, 6.45) is 5.07. The smallest absolute Gasteiger partial charge is 0.194 e. The van der Waals surface area contributed by atoms with Gasteiger partial charge in [-0.3, -0.25) is 4.79 Å². The highest BCUT2D eigenvalue weighted by Crippen LogP contribution is 2.52. The molecule has 1 aliphatic carbocycles. The van der Waals surface area contributed by atoms with Crippen molar-refractivity contribution in [2.24, 2.45) is 0 Å². The van der Waals surface area contributed by atoms with E-state index < -0.39 is 13.9 Å². The average Bonchev–Trinajstić information content (AvgIpc) is 3.10. The maximum Gasteiger partial charge on any atom is 0.194 e. The molecule has 132 valence electrons. The van der Waals surface area contributed by atoms with E-state index in [1.807, 2.05) is 0 Å². The summed E-state index contributed by atoms with van der Waals surface area (Å²) >= 11 is 0. The number of fused-ring (bicyclic) bond motifs is 1. The number of rotatable bonds is 2. The van der Waals surface area contributed by atoms with Gasteiger partial charge in [0.15, 0.2) is 19.7 Å². The van der Waals surface area contributed by atoms with E-state index in [2.05, 4.69) is 33.9 Å². The molecule has 4 nitrogen and oxygen atoms in total. The van der Waals surface area contributed by atoms with E-state index >= 15 is 0 Å². The lowest BCUT2D eigenvalue weighted by Crippen LogP contribution is -2.66. The van der Waals surface area contributed by atoms with Gasteiger partial charge in [-0.1, -0.05) is 20.8 Å². The Morgan fingerprint density at radius 1 is 1.09 bits per heavy atom. The lowest BCUT2D eigenvalue weighted by atomic mass is 9.67. The molecule has 3 aliphatic rings. The summed E-state index contributed by atoms with van der Waals surface area (Å²) in [5.41, 5.74) is -1.12. The van der Waals surface area contributed by atoms with Crippen LogP contribution in [0.4, 0.5) is 0 Å². The van der Waals surface area contributed by atoms with Gasteiger partial charge in [-0.25, -0.2) is 0 Å². The third-order valence-corrected chi connectivity index (χ3v) is 11.1. The van der Waals surface area contributed by atoms with E-state index in [4.69, 9.17) is 13.9 Å². The molecular weight excluding hydrogens is 308 g/mol. The van der Waals surface area contributed by atoms with E-state index in [1.165, 1.54) is 0 Å². The van der Waals surface area contributed by atoms with Crippen molar-refractivity contribution >= 4 is 14.1 Å². The van der Waals surface area contributed by atoms with Gasteiger partial charge >= 0.3 is 0 Å². The standard InChI is InChI=1S/C18H32O4Si/c1-16(2,3)23(4,5)22-14-8-11-17(9-6-12-20-17)18(15(14)19)10-7-13-21-18/h14H,6-13H2,1-5H3/t14-,17-,18+/m0/s1. The molecular formula is C18H32O4Si. The molecule has 1 saturated carbocycles. The molecule has 5 heteroatoms. The van der Waals surface area contributed by atoms with Crippen LogP contribution in [0.15, 0.2) is 0 Å². The molecule has 2 heterocycles. The average molecular weight is 341 g/mol. The highest BCUT2D eigenvalue weighted by molar-refractivity contribution is 6.74. The van der Waals surface area contributed by atoms with E-state index in [1.54, 1.807) is 0 Å². The minimum absolute atomic E-state index is 0.107. The first kappa shape index (κ1) is 17.6. The first-order valence-corrected chi connectivity index (χ1v) is 12.0. The van der Waals surface area contributed by atoms with Crippen molar-refractivity contribution in [1.82, 2.24) is 0 Å². The lowest BCUT2D eigenvalue weighted by molar-refractivity contribution is -0.202. The summed E-state index contributed by atoms with van der Waals surface area (Å²) < 4.78 is 18.8. The van der Waals surface area contributed by atoms with Crippen molar-refractivity contribution in [2.45, 2.75) is 94.7 Å². The number of hydrogen-bond donors (Lipinski definition) is 0. The van der Waals surface area contributed by atoms with Gasteiger partial charge in [-0.05, 0) is 56.7 Å². The monoisotopic (exact) mass is 340 g/mol. The first-order chi connectivity index (χ1) is 10.6. The molecule has 0 bridgehead atoms. The zero-order valence-electron chi connectivity index (χ0n) is 15.4. The van der Waals surface area contributed by atoms with E-state index in [0.717, 1.165) is 45.1 Å². The molecule has 3 rings (SSSR count). The molecule has 0 radical (unpaired) electrons. The Morgan fingerprint density at radius 3 is 2.26 bits per heavy atom. The topological polar surface area (TPSA) is 44.8 Å². The molecule has 0 amide bonds.